The summed E-state index contributed by atoms with van der Waals surface area (Å²) in [5.41, 5.74) is 1.97. The van der Waals surface area contributed by atoms with Gasteiger partial charge in [0.1, 0.15) is 5.75 Å². The van der Waals surface area contributed by atoms with Crippen LogP contribution in [-0.4, -0.2) is 74.9 Å². The highest BCUT2D eigenvalue weighted by atomic mass is 32.2. The van der Waals surface area contributed by atoms with Crippen LogP contribution in [0.5, 0.6) is 5.75 Å². The molecule has 0 aliphatic carbocycles. The molecule has 1 atom stereocenters. The number of hydrogen-bond donors (Lipinski definition) is 0. The van der Waals surface area contributed by atoms with Gasteiger partial charge in [-0.05, 0) is 44.0 Å². The predicted molar refractivity (Wildman–Crippen MR) is 141 cm³/mol. The van der Waals surface area contributed by atoms with Gasteiger partial charge in [-0.25, -0.2) is 0 Å². The molecule has 0 N–H and O–H groups in total. The van der Waals surface area contributed by atoms with E-state index >= 15 is 0 Å². The molecule has 1 unspecified atom stereocenters. The molecule has 2 heterocycles. The summed E-state index contributed by atoms with van der Waals surface area (Å²) in [6, 6.07) is 18.0. The maximum Gasteiger partial charge on any atom is 0.222 e. The van der Waals surface area contributed by atoms with Crippen LogP contribution in [0.15, 0.2) is 59.8 Å². The van der Waals surface area contributed by atoms with Crippen LogP contribution in [0.3, 0.4) is 0 Å². The maximum atomic E-state index is 12.7. The average molecular weight is 508 g/mol. The Balaban J connectivity index is 1.35. The fourth-order valence-corrected chi connectivity index (χ4v) is 5.40. The Morgan fingerprint density at radius 2 is 1.78 bits per heavy atom. The fraction of sp³-hybridized carbons (Fsp3) is 0.407. The summed E-state index contributed by atoms with van der Waals surface area (Å²) in [4.78, 5) is 28.1. The smallest absolute Gasteiger partial charge is 0.222 e. The van der Waals surface area contributed by atoms with Gasteiger partial charge in [0, 0.05) is 56.0 Å². The summed E-state index contributed by atoms with van der Waals surface area (Å²) >= 11 is 1.65. The molecule has 3 aromatic rings. The molecule has 1 saturated heterocycles. The van der Waals surface area contributed by atoms with Gasteiger partial charge in [-0.3, -0.25) is 14.2 Å². The molecule has 0 radical (unpaired) electrons. The number of benzene rings is 2. The molecule has 2 amide bonds. The highest BCUT2D eigenvalue weighted by molar-refractivity contribution is 7.99. The number of thioether (sulfide) groups is 1. The van der Waals surface area contributed by atoms with Gasteiger partial charge in [-0.15, -0.1) is 10.2 Å². The lowest BCUT2D eigenvalue weighted by atomic mass is 10.1. The first kappa shape index (κ1) is 25.8. The van der Waals surface area contributed by atoms with Gasteiger partial charge in [0.2, 0.25) is 11.8 Å². The molecule has 1 aliphatic rings. The number of aromatic nitrogens is 3. The van der Waals surface area contributed by atoms with Crippen LogP contribution < -0.4 is 4.74 Å². The number of methoxy groups -OCH3 is 1. The van der Waals surface area contributed by atoms with E-state index in [9.17, 15) is 9.59 Å². The number of ether oxygens (including phenoxy) is 1. The van der Waals surface area contributed by atoms with Crippen molar-refractivity contribution in [3.05, 3.63) is 54.6 Å². The van der Waals surface area contributed by atoms with Crippen LogP contribution in [0, 0.1) is 0 Å². The maximum absolute atomic E-state index is 12.7. The van der Waals surface area contributed by atoms with Crippen molar-refractivity contribution in [2.75, 3.05) is 32.5 Å². The highest BCUT2D eigenvalue weighted by Crippen LogP contribution is 2.29. The van der Waals surface area contributed by atoms with E-state index in [0.29, 0.717) is 26.1 Å². The van der Waals surface area contributed by atoms with Crippen molar-refractivity contribution in [2.45, 2.75) is 44.3 Å². The van der Waals surface area contributed by atoms with E-state index in [4.69, 9.17) is 4.74 Å². The van der Waals surface area contributed by atoms with E-state index in [1.54, 1.807) is 25.8 Å². The molecule has 36 heavy (non-hydrogen) atoms. The third-order valence-electron chi connectivity index (χ3n) is 6.40. The van der Waals surface area contributed by atoms with E-state index in [0.717, 1.165) is 46.6 Å². The predicted octanol–water partition coefficient (Wildman–Crippen LogP) is 4.28. The molecule has 190 valence electrons. The van der Waals surface area contributed by atoms with E-state index < -0.39 is 0 Å². The van der Waals surface area contributed by atoms with Crippen molar-refractivity contribution in [3.63, 3.8) is 0 Å². The van der Waals surface area contributed by atoms with Crippen LogP contribution in [-0.2, 0) is 9.59 Å². The van der Waals surface area contributed by atoms with Gasteiger partial charge in [0.05, 0.1) is 7.11 Å². The lowest BCUT2D eigenvalue weighted by Gasteiger charge is -2.39. The SMILES string of the molecule is COc1ccc(-n2c(SCCCCC(=O)N3CCN(C(C)=O)C(C)C3)nnc2-c2ccccc2)cc1. The summed E-state index contributed by atoms with van der Waals surface area (Å²) in [5.74, 6) is 2.67. The number of unbranched alkanes of at least 4 members (excludes halogenated alkanes) is 1. The lowest BCUT2D eigenvalue weighted by molar-refractivity contribution is -0.141. The number of hydrogen-bond acceptors (Lipinski definition) is 6. The zero-order chi connectivity index (χ0) is 25.5. The van der Waals surface area contributed by atoms with Crippen molar-refractivity contribution >= 4 is 23.6 Å². The second-order valence-electron chi connectivity index (χ2n) is 8.91. The first-order chi connectivity index (χ1) is 17.5. The zero-order valence-electron chi connectivity index (χ0n) is 21.1. The minimum Gasteiger partial charge on any atom is -0.497 e. The largest absolute Gasteiger partial charge is 0.497 e. The van der Waals surface area contributed by atoms with Crippen molar-refractivity contribution in [1.29, 1.82) is 0 Å². The van der Waals surface area contributed by atoms with Crippen molar-refractivity contribution in [1.82, 2.24) is 24.6 Å². The lowest BCUT2D eigenvalue weighted by Crippen LogP contribution is -2.54. The minimum absolute atomic E-state index is 0.0684. The van der Waals surface area contributed by atoms with Crippen molar-refractivity contribution in [3.8, 4) is 22.8 Å². The molecule has 0 saturated carbocycles. The fourth-order valence-electron chi connectivity index (χ4n) is 4.45. The summed E-state index contributed by atoms with van der Waals surface area (Å²) in [5, 5.41) is 9.79. The van der Waals surface area contributed by atoms with Gasteiger partial charge in [0.15, 0.2) is 11.0 Å². The number of carbonyl (C=O) groups is 2. The van der Waals surface area contributed by atoms with Crippen LogP contribution in [0.25, 0.3) is 17.1 Å². The quantitative estimate of drug-likeness (QED) is 0.318. The zero-order valence-corrected chi connectivity index (χ0v) is 21.9. The number of rotatable bonds is 9. The summed E-state index contributed by atoms with van der Waals surface area (Å²) in [6.45, 7) is 5.43. The van der Waals surface area contributed by atoms with Gasteiger partial charge < -0.3 is 14.5 Å². The second kappa shape index (κ2) is 12.1. The summed E-state index contributed by atoms with van der Waals surface area (Å²) in [6.07, 6.45) is 2.23. The van der Waals surface area contributed by atoms with Crippen LogP contribution in [0.1, 0.15) is 33.1 Å². The monoisotopic (exact) mass is 507 g/mol. The van der Waals surface area contributed by atoms with Crippen molar-refractivity contribution < 1.29 is 14.3 Å². The first-order valence-corrected chi connectivity index (χ1v) is 13.3. The topological polar surface area (TPSA) is 80.6 Å². The molecule has 2 aromatic carbocycles. The van der Waals surface area contributed by atoms with Crippen LogP contribution in [0.4, 0.5) is 0 Å². The summed E-state index contributed by atoms with van der Waals surface area (Å²) < 4.78 is 7.38. The van der Waals surface area contributed by atoms with Crippen LogP contribution in [0.2, 0.25) is 0 Å². The molecule has 4 rings (SSSR count). The number of amides is 2. The van der Waals surface area contributed by atoms with E-state index in [1.165, 1.54) is 0 Å². The Morgan fingerprint density at radius 3 is 2.44 bits per heavy atom. The summed E-state index contributed by atoms with van der Waals surface area (Å²) in [7, 11) is 1.65. The molecule has 9 heteroatoms. The Labute approximate surface area is 216 Å². The van der Waals surface area contributed by atoms with E-state index in [-0.39, 0.29) is 17.9 Å². The average Bonchev–Trinajstić information content (AvgIpc) is 3.32. The number of nitrogens with zero attached hydrogens (tertiary/aromatic N) is 5. The molecule has 0 bridgehead atoms. The number of piperazine rings is 1. The number of carbonyl (C=O) groups excluding carboxylic acids is 2. The van der Waals surface area contributed by atoms with E-state index in [2.05, 4.69) is 14.8 Å². The third-order valence-corrected chi connectivity index (χ3v) is 7.41. The first-order valence-electron chi connectivity index (χ1n) is 12.3. The molecule has 0 spiro atoms. The molecule has 1 aliphatic heterocycles. The molecule has 1 aromatic heterocycles. The van der Waals surface area contributed by atoms with Gasteiger partial charge in [0.25, 0.3) is 0 Å². The van der Waals surface area contributed by atoms with Gasteiger partial charge in [-0.1, -0.05) is 42.1 Å². The van der Waals surface area contributed by atoms with Gasteiger partial charge in [-0.2, -0.15) is 0 Å². The van der Waals surface area contributed by atoms with Crippen molar-refractivity contribution in [2.24, 2.45) is 0 Å². The Bertz CT molecular complexity index is 1170. The second-order valence-corrected chi connectivity index (χ2v) is 9.97. The highest BCUT2D eigenvalue weighted by Gasteiger charge is 2.27. The minimum atomic E-state index is 0.0684. The third kappa shape index (κ3) is 6.07. The molecule has 1 fully saturated rings. The normalized spacial score (nSPS) is 15.7. The van der Waals surface area contributed by atoms with E-state index in [1.807, 2.05) is 71.3 Å². The van der Waals surface area contributed by atoms with Crippen LogP contribution >= 0.6 is 11.8 Å². The molecule has 8 nitrogen and oxygen atoms in total. The Morgan fingerprint density at radius 1 is 1.03 bits per heavy atom. The Hall–Kier alpha value is -3.33. The standard InChI is InChI=1S/C27H33N5O3S/c1-20-19-30(16-17-31(20)21(2)33)25(34)11-7-8-18-36-27-29-28-26(22-9-5-4-6-10-22)32(27)23-12-14-24(35-3)15-13-23/h4-6,9-10,12-15,20H,7-8,11,16-19H2,1-3H3. The Kier molecular flexibility index (Phi) is 8.64. The van der Waals surface area contributed by atoms with Gasteiger partial charge >= 0.3 is 0 Å². The molecular formula is C27H33N5O3S. The molecular weight excluding hydrogens is 474 g/mol.